The maximum absolute atomic E-state index is 13.6. The zero-order chi connectivity index (χ0) is 16.4. The summed E-state index contributed by atoms with van der Waals surface area (Å²) >= 11 is 0. The van der Waals surface area contributed by atoms with Gasteiger partial charge in [0.25, 0.3) is 0 Å². The molecule has 0 bridgehead atoms. The van der Waals surface area contributed by atoms with Crippen molar-refractivity contribution in [1.82, 2.24) is 19.9 Å². The topological polar surface area (TPSA) is 66.5 Å². The van der Waals surface area contributed by atoms with Crippen molar-refractivity contribution in [3.8, 4) is 11.4 Å². The van der Waals surface area contributed by atoms with Gasteiger partial charge >= 0.3 is 0 Å². The summed E-state index contributed by atoms with van der Waals surface area (Å²) in [4.78, 5) is 15.8. The van der Waals surface area contributed by atoms with Crippen molar-refractivity contribution in [1.29, 1.82) is 0 Å². The molecular formula is C18H14FN5. The van der Waals surface area contributed by atoms with E-state index < -0.39 is 5.95 Å². The Balaban J connectivity index is 1.70. The SMILES string of the molecule is Fc1ccc(-c2nc3ccccc3[nH]2)c(NCc2ccncc2)n1. The number of fused-ring (bicyclic) bond motifs is 1. The predicted octanol–water partition coefficient (Wildman–Crippen LogP) is 3.77. The third kappa shape index (κ3) is 2.81. The number of H-pyrrole nitrogens is 1. The quantitative estimate of drug-likeness (QED) is 0.562. The molecule has 0 radical (unpaired) electrons. The largest absolute Gasteiger partial charge is 0.365 e. The average molecular weight is 319 g/mol. The molecule has 4 rings (SSSR count). The molecule has 118 valence electrons. The number of para-hydroxylation sites is 2. The highest BCUT2D eigenvalue weighted by molar-refractivity contribution is 5.81. The lowest BCUT2D eigenvalue weighted by molar-refractivity contribution is 0.585. The highest BCUT2D eigenvalue weighted by Crippen LogP contribution is 2.26. The van der Waals surface area contributed by atoms with Crippen LogP contribution in [0.4, 0.5) is 10.2 Å². The van der Waals surface area contributed by atoms with Gasteiger partial charge in [-0.15, -0.1) is 0 Å². The minimum Gasteiger partial charge on any atom is -0.365 e. The molecule has 0 atom stereocenters. The number of imidazole rings is 1. The Morgan fingerprint density at radius 3 is 2.62 bits per heavy atom. The molecule has 3 heterocycles. The molecule has 0 unspecified atom stereocenters. The fourth-order valence-corrected chi connectivity index (χ4v) is 2.53. The Morgan fingerprint density at radius 2 is 1.79 bits per heavy atom. The van der Waals surface area contributed by atoms with Gasteiger partial charge < -0.3 is 10.3 Å². The van der Waals surface area contributed by atoms with Gasteiger partial charge in [0.05, 0.1) is 16.6 Å². The Morgan fingerprint density at radius 1 is 0.958 bits per heavy atom. The normalized spacial score (nSPS) is 10.9. The second kappa shape index (κ2) is 6.08. The number of benzene rings is 1. The predicted molar refractivity (Wildman–Crippen MR) is 90.8 cm³/mol. The monoisotopic (exact) mass is 319 g/mol. The van der Waals surface area contributed by atoms with Gasteiger partial charge in [-0.2, -0.15) is 4.39 Å². The minimum absolute atomic E-state index is 0.450. The van der Waals surface area contributed by atoms with Crippen LogP contribution in [-0.4, -0.2) is 19.9 Å². The van der Waals surface area contributed by atoms with E-state index >= 15 is 0 Å². The Hall–Kier alpha value is -3.28. The van der Waals surface area contributed by atoms with Crippen LogP contribution >= 0.6 is 0 Å². The van der Waals surface area contributed by atoms with Crippen LogP contribution in [-0.2, 0) is 6.54 Å². The van der Waals surface area contributed by atoms with Crippen molar-refractivity contribution in [2.45, 2.75) is 6.54 Å². The summed E-state index contributed by atoms with van der Waals surface area (Å²) in [5.74, 6) is 0.568. The smallest absolute Gasteiger partial charge is 0.214 e. The van der Waals surface area contributed by atoms with Gasteiger partial charge in [-0.05, 0) is 42.0 Å². The van der Waals surface area contributed by atoms with E-state index in [9.17, 15) is 4.39 Å². The molecule has 2 N–H and O–H groups in total. The van der Waals surface area contributed by atoms with Crippen molar-refractivity contribution in [3.05, 3.63) is 72.4 Å². The molecule has 6 heteroatoms. The number of nitrogens with one attached hydrogen (secondary N) is 2. The maximum Gasteiger partial charge on any atom is 0.214 e. The molecule has 0 amide bonds. The molecule has 0 aliphatic carbocycles. The zero-order valence-electron chi connectivity index (χ0n) is 12.7. The lowest BCUT2D eigenvalue weighted by atomic mass is 10.2. The molecule has 0 saturated carbocycles. The number of hydrogen-bond donors (Lipinski definition) is 2. The molecule has 5 nitrogen and oxygen atoms in total. The highest BCUT2D eigenvalue weighted by atomic mass is 19.1. The van der Waals surface area contributed by atoms with E-state index in [2.05, 4.69) is 25.3 Å². The van der Waals surface area contributed by atoms with Gasteiger partial charge in [-0.3, -0.25) is 4.98 Å². The molecule has 0 spiro atoms. The third-order valence-corrected chi connectivity index (χ3v) is 3.72. The molecule has 0 aliphatic rings. The van der Waals surface area contributed by atoms with Crippen LogP contribution in [0.5, 0.6) is 0 Å². The van der Waals surface area contributed by atoms with Gasteiger partial charge in [0.2, 0.25) is 5.95 Å². The van der Waals surface area contributed by atoms with Gasteiger partial charge in [0.15, 0.2) is 0 Å². The molecule has 1 aromatic carbocycles. The Labute approximate surface area is 137 Å². The van der Waals surface area contributed by atoms with E-state index in [1.165, 1.54) is 6.07 Å². The van der Waals surface area contributed by atoms with Crippen LogP contribution in [0.1, 0.15) is 5.56 Å². The Kier molecular flexibility index (Phi) is 3.63. The summed E-state index contributed by atoms with van der Waals surface area (Å²) in [5, 5.41) is 3.17. The average Bonchev–Trinajstić information content (AvgIpc) is 3.05. The van der Waals surface area contributed by atoms with Gasteiger partial charge in [0, 0.05) is 18.9 Å². The summed E-state index contributed by atoms with van der Waals surface area (Å²) in [5.41, 5.74) is 3.54. The molecule has 4 aromatic rings. The van der Waals surface area contributed by atoms with E-state index in [1.807, 2.05) is 36.4 Å². The number of pyridine rings is 2. The van der Waals surface area contributed by atoms with Crippen LogP contribution in [0.3, 0.4) is 0 Å². The number of aromatic amines is 1. The molecule has 0 fully saturated rings. The summed E-state index contributed by atoms with van der Waals surface area (Å²) < 4.78 is 13.6. The first-order valence-corrected chi connectivity index (χ1v) is 7.54. The van der Waals surface area contributed by atoms with E-state index in [0.717, 1.165) is 22.2 Å². The number of aromatic nitrogens is 4. The fourth-order valence-electron chi connectivity index (χ4n) is 2.53. The fraction of sp³-hybridized carbons (Fsp3) is 0.0556. The first-order valence-electron chi connectivity index (χ1n) is 7.54. The second-order valence-electron chi connectivity index (χ2n) is 5.34. The standard InChI is InChI=1S/C18H14FN5/c19-16-6-5-13(18-22-14-3-1-2-4-15(14)23-18)17(24-16)21-11-12-7-9-20-10-8-12/h1-10H,11H2,(H,21,24)(H,22,23). The van der Waals surface area contributed by atoms with Crippen molar-refractivity contribution < 1.29 is 4.39 Å². The lowest BCUT2D eigenvalue weighted by Crippen LogP contribution is -2.04. The van der Waals surface area contributed by atoms with Gasteiger partial charge in [0.1, 0.15) is 11.6 Å². The molecule has 0 aliphatic heterocycles. The van der Waals surface area contributed by atoms with Crippen LogP contribution < -0.4 is 5.32 Å². The first kappa shape index (κ1) is 14.3. The second-order valence-corrected chi connectivity index (χ2v) is 5.34. The minimum atomic E-state index is -0.535. The first-order chi connectivity index (χ1) is 11.8. The van der Waals surface area contributed by atoms with E-state index in [4.69, 9.17) is 0 Å². The van der Waals surface area contributed by atoms with Crippen LogP contribution in [0.25, 0.3) is 22.4 Å². The van der Waals surface area contributed by atoms with Gasteiger partial charge in [-0.25, -0.2) is 9.97 Å². The van der Waals surface area contributed by atoms with E-state index in [-0.39, 0.29) is 0 Å². The van der Waals surface area contributed by atoms with Gasteiger partial charge in [-0.1, -0.05) is 12.1 Å². The molecular weight excluding hydrogens is 305 g/mol. The Bertz CT molecular complexity index is 948. The summed E-state index contributed by atoms with van der Waals surface area (Å²) in [6, 6.07) is 14.5. The van der Waals surface area contributed by atoms with Crippen molar-refractivity contribution >= 4 is 16.9 Å². The number of halogens is 1. The number of nitrogens with zero attached hydrogens (tertiary/aromatic N) is 3. The van der Waals surface area contributed by atoms with Crippen molar-refractivity contribution in [2.24, 2.45) is 0 Å². The van der Waals surface area contributed by atoms with Crippen molar-refractivity contribution in [3.63, 3.8) is 0 Å². The molecule has 0 saturated heterocycles. The van der Waals surface area contributed by atoms with Crippen LogP contribution in [0.15, 0.2) is 60.9 Å². The number of hydrogen-bond acceptors (Lipinski definition) is 4. The number of rotatable bonds is 4. The summed E-state index contributed by atoms with van der Waals surface area (Å²) in [7, 11) is 0. The molecule has 3 aromatic heterocycles. The highest BCUT2D eigenvalue weighted by Gasteiger charge is 2.12. The third-order valence-electron chi connectivity index (χ3n) is 3.72. The maximum atomic E-state index is 13.6. The summed E-state index contributed by atoms with van der Waals surface area (Å²) in [6.07, 6.45) is 3.44. The van der Waals surface area contributed by atoms with Crippen molar-refractivity contribution in [2.75, 3.05) is 5.32 Å². The van der Waals surface area contributed by atoms with Crippen LogP contribution in [0.2, 0.25) is 0 Å². The van der Waals surface area contributed by atoms with E-state index in [0.29, 0.717) is 18.2 Å². The van der Waals surface area contributed by atoms with E-state index in [1.54, 1.807) is 18.5 Å². The van der Waals surface area contributed by atoms with Crippen LogP contribution in [0, 0.1) is 5.95 Å². The zero-order valence-corrected chi connectivity index (χ0v) is 12.7. The number of anilines is 1. The lowest BCUT2D eigenvalue weighted by Gasteiger charge is -2.09. The summed E-state index contributed by atoms with van der Waals surface area (Å²) in [6.45, 7) is 0.520. The molecule has 24 heavy (non-hydrogen) atoms.